The molecule has 1 unspecified atom stereocenters. The van der Waals surface area contributed by atoms with Gasteiger partial charge >= 0.3 is 5.97 Å². The Bertz CT molecular complexity index is 1410. The van der Waals surface area contributed by atoms with E-state index in [9.17, 15) is 9.90 Å². The van der Waals surface area contributed by atoms with Crippen LogP contribution in [0.25, 0.3) is 11.1 Å². The first-order chi connectivity index (χ1) is 19.4. The lowest BCUT2D eigenvalue weighted by Gasteiger charge is -2.27. The number of benzene rings is 3. The van der Waals surface area contributed by atoms with Crippen LogP contribution in [-0.2, 0) is 17.6 Å². The van der Waals surface area contributed by atoms with Crippen molar-refractivity contribution in [3.63, 3.8) is 0 Å². The molecule has 1 fully saturated rings. The summed E-state index contributed by atoms with van der Waals surface area (Å²) < 4.78 is 18.0. The first-order valence-electron chi connectivity index (χ1n) is 14.2. The van der Waals surface area contributed by atoms with Crippen LogP contribution >= 0.6 is 0 Å². The zero-order chi connectivity index (χ0) is 28.0. The van der Waals surface area contributed by atoms with E-state index in [0.29, 0.717) is 24.7 Å². The van der Waals surface area contributed by atoms with Crippen LogP contribution in [0.4, 0.5) is 0 Å². The number of hydrogen-bond acceptors (Lipinski definition) is 5. The Labute approximate surface area is 236 Å². The predicted octanol–water partition coefficient (Wildman–Crippen LogP) is 7.78. The fraction of sp³-hybridized carbons (Fsp3) is 0.353. The number of aliphatic carboxylic acids is 1. The zero-order valence-electron chi connectivity index (χ0n) is 23.3. The van der Waals surface area contributed by atoms with Crippen molar-refractivity contribution in [1.82, 2.24) is 4.98 Å². The van der Waals surface area contributed by atoms with Gasteiger partial charge in [0.1, 0.15) is 17.3 Å². The third-order valence-corrected chi connectivity index (χ3v) is 7.67. The van der Waals surface area contributed by atoms with E-state index in [0.717, 1.165) is 52.6 Å². The molecule has 0 aliphatic heterocycles. The number of carbonyl (C=O) groups is 1. The van der Waals surface area contributed by atoms with Crippen molar-refractivity contribution < 1.29 is 23.8 Å². The standard InChI is InChI=1S/C34H37NO5/c1-24-31(35-32(39-24)27-12-7-4-8-13-27)20-21-38-29-18-16-25(17-19-29)23-34(2,33(36)37)40-30-15-9-14-28(22-30)26-10-5-3-6-11-26/h3,5-6,9-11,14-19,22,27H,4,7-8,12-13,20-21,23H2,1-2H3,(H,36,37). The Kier molecular flexibility index (Phi) is 8.54. The summed E-state index contributed by atoms with van der Waals surface area (Å²) >= 11 is 0. The van der Waals surface area contributed by atoms with Gasteiger partial charge in [0.15, 0.2) is 5.89 Å². The van der Waals surface area contributed by atoms with Crippen LogP contribution in [0.15, 0.2) is 83.3 Å². The van der Waals surface area contributed by atoms with Gasteiger partial charge in [0.25, 0.3) is 0 Å². The number of aromatic nitrogens is 1. The molecule has 5 rings (SSSR count). The maximum atomic E-state index is 12.3. The molecule has 1 saturated carbocycles. The molecule has 1 atom stereocenters. The van der Waals surface area contributed by atoms with Crippen LogP contribution in [0.1, 0.15) is 67.9 Å². The molecule has 0 radical (unpaired) electrons. The quantitative estimate of drug-likeness (QED) is 0.210. The number of hydrogen-bond donors (Lipinski definition) is 1. The van der Waals surface area contributed by atoms with Crippen LogP contribution in [0.3, 0.4) is 0 Å². The van der Waals surface area contributed by atoms with Crippen molar-refractivity contribution in [3.05, 3.63) is 102 Å². The van der Waals surface area contributed by atoms with Gasteiger partial charge < -0.3 is 19.0 Å². The lowest BCUT2D eigenvalue weighted by Crippen LogP contribution is -2.43. The van der Waals surface area contributed by atoms with Crippen LogP contribution in [-0.4, -0.2) is 28.3 Å². The summed E-state index contributed by atoms with van der Waals surface area (Å²) in [6, 6.07) is 25.0. The molecular formula is C34H37NO5. The van der Waals surface area contributed by atoms with Crippen molar-refractivity contribution in [2.45, 2.75) is 70.3 Å². The van der Waals surface area contributed by atoms with Crippen molar-refractivity contribution >= 4 is 5.97 Å². The Morgan fingerprint density at radius 1 is 0.950 bits per heavy atom. The second kappa shape index (κ2) is 12.4. The minimum Gasteiger partial charge on any atom is -0.493 e. The highest BCUT2D eigenvalue weighted by Crippen LogP contribution is 2.33. The monoisotopic (exact) mass is 539 g/mol. The van der Waals surface area contributed by atoms with Gasteiger partial charge in [0.05, 0.1) is 12.3 Å². The molecular weight excluding hydrogens is 502 g/mol. The Morgan fingerprint density at radius 2 is 1.68 bits per heavy atom. The Hall–Kier alpha value is -4.06. The molecule has 4 aromatic rings. The molecule has 6 nitrogen and oxygen atoms in total. The number of oxazole rings is 1. The maximum Gasteiger partial charge on any atom is 0.348 e. The molecule has 6 heteroatoms. The lowest BCUT2D eigenvalue weighted by molar-refractivity contribution is -0.153. The highest BCUT2D eigenvalue weighted by atomic mass is 16.5. The van der Waals surface area contributed by atoms with Gasteiger partial charge in [-0.1, -0.05) is 73.9 Å². The average molecular weight is 540 g/mol. The number of aryl methyl sites for hydroxylation is 1. The summed E-state index contributed by atoms with van der Waals surface area (Å²) in [5.74, 6) is 2.43. The molecule has 0 bridgehead atoms. The largest absolute Gasteiger partial charge is 0.493 e. The predicted molar refractivity (Wildman–Crippen MR) is 155 cm³/mol. The van der Waals surface area contributed by atoms with E-state index in [1.165, 1.54) is 19.3 Å². The van der Waals surface area contributed by atoms with E-state index in [1.807, 2.05) is 79.7 Å². The molecule has 1 N–H and O–H groups in total. The Morgan fingerprint density at radius 3 is 2.40 bits per heavy atom. The van der Waals surface area contributed by atoms with Crippen LogP contribution in [0, 0.1) is 6.92 Å². The number of rotatable bonds is 11. The fourth-order valence-corrected chi connectivity index (χ4v) is 5.35. The highest BCUT2D eigenvalue weighted by molar-refractivity contribution is 5.78. The van der Waals surface area contributed by atoms with Crippen molar-refractivity contribution in [2.75, 3.05) is 6.61 Å². The van der Waals surface area contributed by atoms with E-state index in [-0.39, 0.29) is 6.42 Å². The highest BCUT2D eigenvalue weighted by Gasteiger charge is 2.36. The molecule has 1 aliphatic rings. The van der Waals surface area contributed by atoms with Gasteiger partial charge in [-0.05, 0) is 67.6 Å². The third-order valence-electron chi connectivity index (χ3n) is 7.67. The first kappa shape index (κ1) is 27.5. The SMILES string of the molecule is Cc1oc(C2CCCCC2)nc1CCOc1ccc(CC(C)(Oc2cccc(-c3ccccc3)c2)C(=O)O)cc1. The minimum atomic E-state index is -1.43. The van der Waals surface area contributed by atoms with Crippen LogP contribution < -0.4 is 9.47 Å². The Balaban J connectivity index is 1.18. The summed E-state index contributed by atoms with van der Waals surface area (Å²) in [4.78, 5) is 17.1. The first-order valence-corrected chi connectivity index (χ1v) is 14.2. The summed E-state index contributed by atoms with van der Waals surface area (Å²) in [6.07, 6.45) is 7.01. The van der Waals surface area contributed by atoms with Crippen molar-refractivity contribution in [2.24, 2.45) is 0 Å². The number of carboxylic acid groups (broad SMARTS) is 1. The van der Waals surface area contributed by atoms with Gasteiger partial charge in [-0.2, -0.15) is 0 Å². The third kappa shape index (κ3) is 6.74. The molecule has 1 aliphatic carbocycles. The van der Waals surface area contributed by atoms with Gasteiger partial charge in [-0.25, -0.2) is 9.78 Å². The second-order valence-corrected chi connectivity index (χ2v) is 10.8. The fourth-order valence-electron chi connectivity index (χ4n) is 5.35. The molecule has 0 amide bonds. The average Bonchev–Trinajstić information content (AvgIpc) is 3.35. The van der Waals surface area contributed by atoms with Gasteiger partial charge in [-0.15, -0.1) is 0 Å². The van der Waals surface area contributed by atoms with E-state index in [4.69, 9.17) is 18.9 Å². The van der Waals surface area contributed by atoms with Crippen LogP contribution in [0.2, 0.25) is 0 Å². The molecule has 0 spiro atoms. The summed E-state index contributed by atoms with van der Waals surface area (Å²) in [5, 5.41) is 10.1. The summed E-state index contributed by atoms with van der Waals surface area (Å²) in [7, 11) is 0. The van der Waals surface area contributed by atoms with Crippen LogP contribution in [0.5, 0.6) is 11.5 Å². The van der Waals surface area contributed by atoms with E-state index in [1.54, 1.807) is 13.0 Å². The normalized spacial score (nSPS) is 15.3. The maximum absolute atomic E-state index is 12.3. The minimum absolute atomic E-state index is 0.209. The topological polar surface area (TPSA) is 81.8 Å². The number of carboxylic acids is 1. The molecule has 208 valence electrons. The van der Waals surface area contributed by atoms with Gasteiger partial charge in [0, 0.05) is 18.8 Å². The van der Waals surface area contributed by atoms with Crippen molar-refractivity contribution in [1.29, 1.82) is 0 Å². The molecule has 0 saturated heterocycles. The van der Waals surface area contributed by atoms with E-state index in [2.05, 4.69) is 0 Å². The summed E-state index contributed by atoms with van der Waals surface area (Å²) in [5.41, 5.74) is 2.39. The molecule has 40 heavy (non-hydrogen) atoms. The smallest absolute Gasteiger partial charge is 0.348 e. The van der Waals surface area contributed by atoms with E-state index >= 15 is 0 Å². The molecule has 1 heterocycles. The van der Waals surface area contributed by atoms with E-state index < -0.39 is 11.6 Å². The molecule has 1 aromatic heterocycles. The summed E-state index contributed by atoms with van der Waals surface area (Å²) in [6.45, 7) is 4.07. The lowest BCUT2D eigenvalue weighted by atomic mass is 9.89. The van der Waals surface area contributed by atoms with Crippen molar-refractivity contribution in [3.8, 4) is 22.6 Å². The van der Waals surface area contributed by atoms with Gasteiger partial charge in [0.2, 0.25) is 5.60 Å². The molecule has 3 aromatic carbocycles. The number of nitrogens with zero attached hydrogens (tertiary/aromatic N) is 1. The van der Waals surface area contributed by atoms with Gasteiger partial charge in [-0.3, -0.25) is 0 Å². The second-order valence-electron chi connectivity index (χ2n) is 10.8. The number of ether oxygens (including phenoxy) is 2. The zero-order valence-corrected chi connectivity index (χ0v) is 23.3.